The van der Waals surface area contributed by atoms with E-state index in [1.54, 1.807) is 0 Å². The smallest absolute Gasteiger partial charge is 0.314 e. The maximum atomic E-state index is 13.6. The number of rotatable bonds is 3. The van der Waals surface area contributed by atoms with Gasteiger partial charge in [-0.3, -0.25) is 4.79 Å². The van der Waals surface area contributed by atoms with E-state index in [-0.39, 0.29) is 11.3 Å². The fraction of sp³-hybridized carbons (Fsp3) is 0.364. The molecule has 1 fully saturated rings. The fourth-order valence-corrected chi connectivity index (χ4v) is 2.05. The second-order valence-corrected chi connectivity index (χ2v) is 4.36. The van der Waals surface area contributed by atoms with Crippen LogP contribution in [0.3, 0.4) is 0 Å². The third kappa shape index (κ3) is 1.65. The minimum absolute atomic E-state index is 0.0939. The van der Waals surface area contributed by atoms with Gasteiger partial charge in [0.15, 0.2) is 11.6 Å². The Hall–Kier alpha value is -1.36. The van der Waals surface area contributed by atoms with Gasteiger partial charge in [-0.1, -0.05) is 11.6 Å². The van der Waals surface area contributed by atoms with Crippen LogP contribution in [0.1, 0.15) is 18.4 Å². The predicted octanol–water partition coefficient (Wildman–Crippen LogP) is 2.74. The first kappa shape index (κ1) is 12.1. The van der Waals surface area contributed by atoms with E-state index < -0.39 is 28.0 Å². The Bertz CT molecular complexity index is 498. The van der Waals surface area contributed by atoms with E-state index in [9.17, 15) is 13.6 Å². The summed E-state index contributed by atoms with van der Waals surface area (Å²) in [5, 5.41) is 8.67. The van der Waals surface area contributed by atoms with E-state index in [2.05, 4.69) is 0 Å². The average Bonchev–Trinajstić information content (AvgIpc) is 3.06. The number of hydrogen-bond acceptors (Lipinski definition) is 2. The quantitative estimate of drug-likeness (QED) is 0.852. The maximum Gasteiger partial charge on any atom is 0.314 e. The Morgan fingerprint density at radius 2 is 2.06 bits per heavy atom. The molecule has 0 heterocycles. The Kier molecular flexibility index (Phi) is 2.73. The maximum absolute atomic E-state index is 13.6. The predicted molar refractivity (Wildman–Crippen MR) is 56.5 cm³/mol. The third-order valence-electron chi connectivity index (χ3n) is 3.00. The number of methoxy groups -OCH3 is 1. The standard InChI is InChI=1S/C11H9ClF2O3/c1-17-9-5(11(2-3-11)10(15)16)4-6(12)7(13)8(9)14/h4H,2-3H2,1H3,(H,15,16). The lowest BCUT2D eigenvalue weighted by molar-refractivity contribution is -0.140. The normalized spacial score (nSPS) is 16.7. The van der Waals surface area contributed by atoms with Gasteiger partial charge in [-0.15, -0.1) is 0 Å². The highest BCUT2D eigenvalue weighted by Crippen LogP contribution is 2.53. The van der Waals surface area contributed by atoms with Crippen LogP contribution < -0.4 is 4.74 Å². The molecule has 1 saturated carbocycles. The van der Waals surface area contributed by atoms with Gasteiger partial charge in [-0.2, -0.15) is 4.39 Å². The first-order valence-corrected chi connectivity index (χ1v) is 5.27. The highest BCUT2D eigenvalue weighted by molar-refractivity contribution is 6.30. The number of benzene rings is 1. The molecule has 0 aliphatic heterocycles. The minimum Gasteiger partial charge on any atom is -0.493 e. The Balaban J connectivity index is 2.66. The molecule has 2 rings (SSSR count). The molecule has 1 aromatic rings. The first-order chi connectivity index (χ1) is 7.94. The number of carboxylic acids is 1. The highest BCUT2D eigenvalue weighted by atomic mass is 35.5. The average molecular weight is 263 g/mol. The van der Waals surface area contributed by atoms with Gasteiger partial charge in [-0.25, -0.2) is 4.39 Å². The molecule has 0 saturated heterocycles. The lowest BCUT2D eigenvalue weighted by Crippen LogP contribution is -2.21. The lowest BCUT2D eigenvalue weighted by atomic mass is 9.95. The van der Waals surface area contributed by atoms with Crippen LogP contribution in [-0.2, 0) is 10.2 Å². The minimum atomic E-state index is -1.25. The Morgan fingerprint density at radius 1 is 1.47 bits per heavy atom. The molecule has 92 valence electrons. The molecule has 0 bridgehead atoms. The summed E-state index contributed by atoms with van der Waals surface area (Å²) in [6.07, 6.45) is 0.722. The van der Waals surface area contributed by atoms with Gasteiger partial charge in [0, 0.05) is 5.56 Å². The molecule has 0 radical (unpaired) electrons. The highest BCUT2D eigenvalue weighted by Gasteiger charge is 2.54. The Labute approximate surface area is 101 Å². The van der Waals surface area contributed by atoms with Gasteiger partial charge in [0.2, 0.25) is 5.82 Å². The molecular weight excluding hydrogens is 254 g/mol. The SMILES string of the molecule is COc1c(C2(C(=O)O)CC2)cc(Cl)c(F)c1F. The number of carboxylic acid groups (broad SMARTS) is 1. The number of halogens is 3. The molecule has 0 atom stereocenters. The third-order valence-corrected chi connectivity index (χ3v) is 3.27. The lowest BCUT2D eigenvalue weighted by Gasteiger charge is -2.16. The molecule has 0 aromatic heterocycles. The summed E-state index contributed by atoms with van der Waals surface area (Å²) in [6.45, 7) is 0. The molecule has 0 amide bonds. The first-order valence-electron chi connectivity index (χ1n) is 4.89. The number of carbonyl (C=O) groups is 1. The zero-order valence-corrected chi connectivity index (χ0v) is 9.65. The van der Waals surface area contributed by atoms with Crippen molar-refractivity contribution in [2.75, 3.05) is 7.11 Å². The van der Waals surface area contributed by atoms with Gasteiger partial charge in [-0.05, 0) is 18.9 Å². The fourth-order valence-electron chi connectivity index (χ4n) is 1.86. The molecule has 1 aliphatic rings. The van der Waals surface area contributed by atoms with Crippen molar-refractivity contribution in [1.82, 2.24) is 0 Å². The van der Waals surface area contributed by atoms with Gasteiger partial charge in [0.1, 0.15) is 0 Å². The molecule has 1 aliphatic carbocycles. The zero-order chi connectivity index (χ0) is 12.8. The molecule has 6 heteroatoms. The van der Waals surface area contributed by atoms with Gasteiger partial charge in [0.25, 0.3) is 0 Å². The molecule has 3 nitrogen and oxygen atoms in total. The largest absolute Gasteiger partial charge is 0.493 e. The molecule has 1 N–H and O–H groups in total. The number of hydrogen-bond donors (Lipinski definition) is 1. The van der Waals surface area contributed by atoms with Crippen molar-refractivity contribution in [3.8, 4) is 5.75 Å². The summed E-state index contributed by atoms with van der Waals surface area (Å²) in [5.74, 6) is -3.94. The topological polar surface area (TPSA) is 46.5 Å². The van der Waals surface area contributed by atoms with Crippen LogP contribution in [-0.4, -0.2) is 18.2 Å². The van der Waals surface area contributed by atoms with Gasteiger partial charge < -0.3 is 9.84 Å². The van der Waals surface area contributed by atoms with E-state index in [4.69, 9.17) is 21.4 Å². The summed E-state index contributed by atoms with van der Waals surface area (Å²) in [7, 11) is 1.16. The van der Waals surface area contributed by atoms with Crippen LogP contribution in [0.2, 0.25) is 5.02 Å². The van der Waals surface area contributed by atoms with Crippen molar-refractivity contribution < 1.29 is 23.4 Å². The van der Waals surface area contributed by atoms with Crippen molar-refractivity contribution in [2.45, 2.75) is 18.3 Å². The van der Waals surface area contributed by atoms with Crippen LogP contribution in [0.15, 0.2) is 6.07 Å². The van der Waals surface area contributed by atoms with Crippen LogP contribution in [0.25, 0.3) is 0 Å². The second kappa shape index (κ2) is 3.84. The number of ether oxygens (including phenoxy) is 1. The van der Waals surface area contributed by atoms with Crippen molar-refractivity contribution in [3.05, 3.63) is 28.3 Å². The van der Waals surface area contributed by atoms with Crippen molar-refractivity contribution >= 4 is 17.6 Å². The van der Waals surface area contributed by atoms with Crippen molar-refractivity contribution in [1.29, 1.82) is 0 Å². The summed E-state index contributed by atoms with van der Waals surface area (Å²) in [5.41, 5.74) is -1.10. The monoisotopic (exact) mass is 262 g/mol. The van der Waals surface area contributed by atoms with Crippen LogP contribution in [0.4, 0.5) is 8.78 Å². The van der Waals surface area contributed by atoms with Crippen molar-refractivity contribution in [3.63, 3.8) is 0 Å². The molecule has 17 heavy (non-hydrogen) atoms. The Morgan fingerprint density at radius 3 is 2.47 bits per heavy atom. The van der Waals surface area contributed by atoms with Gasteiger partial charge in [0.05, 0.1) is 17.5 Å². The molecule has 0 unspecified atom stereocenters. The van der Waals surface area contributed by atoms with Crippen LogP contribution in [0, 0.1) is 11.6 Å². The van der Waals surface area contributed by atoms with Crippen LogP contribution >= 0.6 is 11.6 Å². The summed E-state index contributed by atoms with van der Waals surface area (Å²) in [4.78, 5) is 11.1. The van der Waals surface area contributed by atoms with Crippen LogP contribution in [0.5, 0.6) is 5.75 Å². The number of aliphatic carboxylic acids is 1. The van der Waals surface area contributed by atoms with E-state index >= 15 is 0 Å². The second-order valence-electron chi connectivity index (χ2n) is 3.95. The molecule has 1 aromatic carbocycles. The molecular formula is C11H9ClF2O3. The summed E-state index contributed by atoms with van der Waals surface area (Å²) >= 11 is 5.52. The summed E-state index contributed by atoms with van der Waals surface area (Å²) < 4.78 is 31.6. The van der Waals surface area contributed by atoms with E-state index in [0.29, 0.717) is 12.8 Å². The zero-order valence-electron chi connectivity index (χ0n) is 8.89. The van der Waals surface area contributed by atoms with E-state index in [1.165, 1.54) is 0 Å². The van der Waals surface area contributed by atoms with E-state index in [0.717, 1.165) is 13.2 Å². The van der Waals surface area contributed by atoms with Gasteiger partial charge >= 0.3 is 5.97 Å². The molecule has 0 spiro atoms. The van der Waals surface area contributed by atoms with Crippen molar-refractivity contribution in [2.24, 2.45) is 0 Å². The summed E-state index contributed by atoms with van der Waals surface area (Å²) in [6, 6.07) is 1.12. The van der Waals surface area contributed by atoms with E-state index in [1.807, 2.05) is 0 Å².